The predicted octanol–water partition coefficient (Wildman–Crippen LogP) is 4.38. The normalized spacial score (nSPS) is 16.0. The highest BCUT2D eigenvalue weighted by atomic mass is 32.2. The van der Waals surface area contributed by atoms with E-state index in [1.807, 2.05) is 18.8 Å². The van der Waals surface area contributed by atoms with Crippen molar-refractivity contribution in [3.8, 4) is 0 Å². The first-order chi connectivity index (χ1) is 10.4. The van der Waals surface area contributed by atoms with E-state index in [4.69, 9.17) is 0 Å². The molecule has 0 spiro atoms. The Kier molecular flexibility index (Phi) is 4.79. The molecule has 2 aromatic carbocycles. The van der Waals surface area contributed by atoms with Crippen LogP contribution in [-0.4, -0.2) is 19.3 Å². The minimum Gasteiger partial charge on any atom is -0.319 e. The molecule has 2 aromatic rings. The number of nitrogens with one attached hydrogen (secondary N) is 1. The van der Waals surface area contributed by atoms with Gasteiger partial charge in [0.15, 0.2) is 0 Å². The largest absolute Gasteiger partial charge is 0.319 e. The lowest BCUT2D eigenvalue weighted by Gasteiger charge is -2.20. The first-order valence-electron chi connectivity index (χ1n) is 7.55. The first kappa shape index (κ1) is 14.4. The van der Waals surface area contributed by atoms with Crippen molar-refractivity contribution in [2.45, 2.75) is 17.7 Å². The molecule has 1 N–H and O–H groups in total. The van der Waals surface area contributed by atoms with Crippen molar-refractivity contribution in [1.29, 1.82) is 0 Å². The van der Waals surface area contributed by atoms with Gasteiger partial charge >= 0.3 is 0 Å². The van der Waals surface area contributed by atoms with E-state index in [2.05, 4.69) is 59.9 Å². The van der Waals surface area contributed by atoms with E-state index in [1.54, 1.807) is 0 Å². The number of thioether (sulfide) groups is 1. The lowest BCUT2D eigenvalue weighted by atomic mass is 9.92. The molecule has 21 heavy (non-hydrogen) atoms. The quantitative estimate of drug-likeness (QED) is 0.844. The van der Waals surface area contributed by atoms with E-state index in [0.29, 0.717) is 0 Å². The van der Waals surface area contributed by atoms with Crippen LogP contribution in [0.25, 0.3) is 5.57 Å². The Hall–Kier alpha value is -1.51. The van der Waals surface area contributed by atoms with Gasteiger partial charge in [-0.05, 0) is 54.8 Å². The van der Waals surface area contributed by atoms with Crippen molar-refractivity contribution < 1.29 is 0 Å². The molecule has 1 nitrogen and oxygen atoms in total. The van der Waals surface area contributed by atoms with E-state index >= 15 is 0 Å². The molecule has 0 saturated heterocycles. The fraction of sp³-hybridized carbons (Fsp3) is 0.263. The number of rotatable bonds is 3. The zero-order valence-corrected chi connectivity index (χ0v) is 13.2. The molecule has 0 amide bonds. The van der Waals surface area contributed by atoms with Crippen molar-refractivity contribution in [1.82, 2.24) is 5.32 Å². The second-order valence-corrected chi connectivity index (χ2v) is 6.40. The van der Waals surface area contributed by atoms with Crippen LogP contribution >= 0.6 is 11.8 Å². The van der Waals surface area contributed by atoms with E-state index in [0.717, 1.165) is 25.1 Å². The average molecular weight is 295 g/mol. The third-order valence-electron chi connectivity index (χ3n) is 3.86. The van der Waals surface area contributed by atoms with E-state index in [9.17, 15) is 0 Å². The number of aryl methyl sites for hydroxylation is 1. The van der Waals surface area contributed by atoms with Crippen LogP contribution in [0.4, 0.5) is 0 Å². The Balaban J connectivity index is 2.12. The third-order valence-corrected chi connectivity index (χ3v) is 4.93. The molecule has 1 aliphatic rings. The second-order valence-electron chi connectivity index (χ2n) is 5.26. The van der Waals surface area contributed by atoms with Crippen LogP contribution in [-0.2, 0) is 6.42 Å². The zero-order chi connectivity index (χ0) is 14.5. The molecule has 1 aliphatic heterocycles. The minimum atomic E-state index is 1.01. The van der Waals surface area contributed by atoms with Gasteiger partial charge in [0.1, 0.15) is 0 Å². The molecule has 1 heterocycles. The lowest BCUT2D eigenvalue weighted by molar-refractivity contribution is 0.808. The summed E-state index contributed by atoms with van der Waals surface area (Å²) in [4.78, 5) is 1.41. The van der Waals surface area contributed by atoms with Crippen molar-refractivity contribution in [2.24, 2.45) is 0 Å². The van der Waals surface area contributed by atoms with Gasteiger partial charge in [-0.15, -0.1) is 11.8 Å². The Labute approximate surface area is 131 Å². The number of hydrogen-bond acceptors (Lipinski definition) is 2. The Morgan fingerprint density at radius 2 is 1.81 bits per heavy atom. The second kappa shape index (κ2) is 6.97. The van der Waals surface area contributed by atoms with Crippen LogP contribution in [0, 0.1) is 0 Å². The number of hydrogen-bond donors (Lipinski definition) is 1. The average Bonchev–Trinajstić information content (AvgIpc) is 2.51. The maximum absolute atomic E-state index is 3.23. The van der Waals surface area contributed by atoms with Gasteiger partial charge in [-0.1, -0.05) is 48.5 Å². The third kappa shape index (κ3) is 3.22. The summed E-state index contributed by atoms with van der Waals surface area (Å²) in [6.07, 6.45) is 4.58. The van der Waals surface area contributed by atoms with E-state index in [1.165, 1.54) is 27.2 Å². The molecular formula is C19H21NS. The lowest BCUT2D eigenvalue weighted by Crippen LogP contribution is -2.07. The van der Waals surface area contributed by atoms with Gasteiger partial charge in [0.05, 0.1) is 0 Å². The van der Waals surface area contributed by atoms with Crippen LogP contribution < -0.4 is 5.32 Å². The van der Waals surface area contributed by atoms with Crippen molar-refractivity contribution in [2.75, 3.05) is 19.3 Å². The molecular weight excluding hydrogens is 274 g/mol. The summed E-state index contributed by atoms with van der Waals surface area (Å²) in [6.45, 7) is 1.01. The van der Waals surface area contributed by atoms with Gasteiger partial charge in [0.25, 0.3) is 0 Å². The number of benzene rings is 2. The molecule has 0 radical (unpaired) electrons. The van der Waals surface area contributed by atoms with Gasteiger partial charge in [-0.25, -0.2) is 0 Å². The molecule has 0 fully saturated rings. The highest BCUT2D eigenvalue weighted by Crippen LogP contribution is 2.36. The highest BCUT2D eigenvalue weighted by Gasteiger charge is 2.16. The van der Waals surface area contributed by atoms with Gasteiger partial charge < -0.3 is 5.32 Å². The Morgan fingerprint density at radius 3 is 2.67 bits per heavy atom. The maximum atomic E-state index is 3.23. The molecule has 0 atom stereocenters. The molecule has 108 valence electrons. The first-order valence-corrected chi connectivity index (χ1v) is 8.54. The molecule has 3 rings (SSSR count). The fourth-order valence-corrected chi connectivity index (χ4v) is 3.86. The predicted molar refractivity (Wildman–Crippen MR) is 92.9 cm³/mol. The van der Waals surface area contributed by atoms with E-state index in [-0.39, 0.29) is 0 Å². The van der Waals surface area contributed by atoms with Gasteiger partial charge in [0.2, 0.25) is 0 Å². The van der Waals surface area contributed by atoms with Crippen LogP contribution in [0.5, 0.6) is 0 Å². The highest BCUT2D eigenvalue weighted by molar-refractivity contribution is 7.99. The number of fused-ring (bicyclic) bond motifs is 2. The Bertz CT molecular complexity index is 596. The Morgan fingerprint density at radius 1 is 1.05 bits per heavy atom. The van der Waals surface area contributed by atoms with Gasteiger partial charge in [0, 0.05) is 10.6 Å². The smallest absolute Gasteiger partial charge is 0.0151 e. The van der Waals surface area contributed by atoms with Crippen molar-refractivity contribution in [3.05, 3.63) is 71.3 Å². The molecule has 0 bridgehead atoms. The summed E-state index contributed by atoms with van der Waals surface area (Å²) in [6, 6.07) is 17.7. The molecule has 0 saturated carbocycles. The fourth-order valence-electron chi connectivity index (χ4n) is 2.81. The summed E-state index contributed by atoms with van der Waals surface area (Å²) in [7, 11) is 2.01. The molecule has 2 heteroatoms. The molecule has 0 aliphatic carbocycles. The van der Waals surface area contributed by atoms with Crippen LogP contribution in [0.3, 0.4) is 0 Å². The summed E-state index contributed by atoms with van der Waals surface area (Å²) in [5.41, 5.74) is 5.64. The molecule has 0 unspecified atom stereocenters. The van der Waals surface area contributed by atoms with Crippen LogP contribution in [0.15, 0.2) is 59.5 Å². The summed E-state index contributed by atoms with van der Waals surface area (Å²) in [5, 5.41) is 3.23. The standard InChI is InChI=1S/C19H21NS/c1-20-13-6-10-17-16-8-3-2-7-15(16)12-14-21-19-11-5-4-9-18(17)19/h2-5,7-11,20H,6,12-14H2,1H3/b17-10+. The SMILES string of the molecule is CNCC/C=C1\c2ccccc2CCSc2ccccc21. The van der Waals surface area contributed by atoms with Crippen LogP contribution in [0.2, 0.25) is 0 Å². The maximum Gasteiger partial charge on any atom is 0.0151 e. The summed E-state index contributed by atoms with van der Waals surface area (Å²) >= 11 is 1.97. The van der Waals surface area contributed by atoms with Gasteiger partial charge in [-0.3, -0.25) is 0 Å². The van der Waals surface area contributed by atoms with Gasteiger partial charge in [-0.2, -0.15) is 0 Å². The summed E-state index contributed by atoms with van der Waals surface area (Å²) < 4.78 is 0. The van der Waals surface area contributed by atoms with E-state index < -0.39 is 0 Å². The van der Waals surface area contributed by atoms with Crippen molar-refractivity contribution >= 4 is 17.3 Å². The minimum absolute atomic E-state index is 1.01. The van der Waals surface area contributed by atoms with Crippen LogP contribution in [0.1, 0.15) is 23.1 Å². The monoisotopic (exact) mass is 295 g/mol. The zero-order valence-electron chi connectivity index (χ0n) is 12.4. The van der Waals surface area contributed by atoms with Crippen molar-refractivity contribution in [3.63, 3.8) is 0 Å². The summed E-state index contributed by atoms with van der Waals surface area (Å²) in [5.74, 6) is 1.15. The topological polar surface area (TPSA) is 12.0 Å². The molecule has 0 aromatic heterocycles.